The summed E-state index contributed by atoms with van der Waals surface area (Å²) in [5, 5.41) is 31.9. The third-order valence-electron chi connectivity index (χ3n) is 11.2. The molecule has 0 aromatic heterocycles. The molecule has 0 heterocycles. The maximum atomic E-state index is 13.1. The Morgan fingerprint density at radius 3 is 1.24 bits per heavy atom. The molecule has 19 nitrogen and oxygen atoms in total. The second kappa shape index (κ2) is 37.4. The van der Waals surface area contributed by atoms with Crippen LogP contribution in [0.5, 0.6) is 0 Å². The largest absolute Gasteiger partial charge is 0.472 e. The predicted molar refractivity (Wildman–Crippen MR) is 252 cm³/mol. The van der Waals surface area contributed by atoms with Crippen LogP contribution >= 0.6 is 23.5 Å². The van der Waals surface area contributed by atoms with E-state index in [0.717, 1.165) is 103 Å². The molecule has 0 aromatic carbocycles. The molecule has 5 unspecified atom stereocenters. The van der Waals surface area contributed by atoms with Crippen LogP contribution in [0.2, 0.25) is 0 Å². The van der Waals surface area contributed by atoms with Crippen LogP contribution in [0.4, 0.5) is 0 Å². The van der Waals surface area contributed by atoms with E-state index in [9.17, 15) is 63.1 Å². The number of phosphoric acid groups is 3. The SMILES string of the molecule is CCCCCC/C=C\CCCCCCCCCC(=O)OC[C@H](COP(=O)(O)O[C@H]1C(O)C(O)C(OP(=O)(O)O)[C@@H](OP(=O)(O)O)C1O)OC(=O)CCCCCCCCC/C=C\CCCCCC. The van der Waals surface area contributed by atoms with Crippen LogP contribution in [-0.4, -0.2) is 108 Å². The lowest BCUT2D eigenvalue weighted by Gasteiger charge is -2.44. The van der Waals surface area contributed by atoms with Crippen molar-refractivity contribution < 1.29 is 90.6 Å². The average Bonchev–Trinajstić information content (AvgIpc) is 3.25. The topological polar surface area (TPSA) is 303 Å². The van der Waals surface area contributed by atoms with Crippen LogP contribution < -0.4 is 0 Å². The van der Waals surface area contributed by atoms with E-state index < -0.39 is 91.3 Å². The summed E-state index contributed by atoms with van der Waals surface area (Å²) in [7, 11) is -16.6. The maximum absolute atomic E-state index is 13.1. The number of hydrogen-bond donors (Lipinski definition) is 8. The highest BCUT2D eigenvalue weighted by atomic mass is 31.2. The van der Waals surface area contributed by atoms with Gasteiger partial charge < -0.3 is 49.3 Å². The van der Waals surface area contributed by atoms with Gasteiger partial charge in [0.2, 0.25) is 0 Å². The first-order chi connectivity index (χ1) is 31.8. The molecule has 0 radical (unpaired) electrons. The summed E-state index contributed by atoms with van der Waals surface area (Å²) in [6, 6.07) is 0. The van der Waals surface area contributed by atoms with Gasteiger partial charge in [-0.3, -0.25) is 27.7 Å². The minimum atomic E-state index is -5.60. The Morgan fingerprint density at radius 2 is 0.821 bits per heavy atom. The molecule has 8 N–H and O–H groups in total. The van der Waals surface area contributed by atoms with Crippen LogP contribution in [0.1, 0.15) is 194 Å². The summed E-state index contributed by atoms with van der Waals surface area (Å²) in [5.74, 6) is -1.30. The van der Waals surface area contributed by atoms with E-state index in [0.29, 0.717) is 12.8 Å². The van der Waals surface area contributed by atoms with Crippen molar-refractivity contribution in [1.29, 1.82) is 0 Å². The molecule has 8 atom stereocenters. The van der Waals surface area contributed by atoms with Crippen molar-refractivity contribution in [3.63, 3.8) is 0 Å². The molecule has 1 fully saturated rings. The quantitative estimate of drug-likeness (QED) is 0.0122. The van der Waals surface area contributed by atoms with Crippen molar-refractivity contribution >= 4 is 35.4 Å². The van der Waals surface area contributed by atoms with Crippen molar-refractivity contribution in [2.45, 2.75) is 236 Å². The molecule has 394 valence electrons. The van der Waals surface area contributed by atoms with Gasteiger partial charge in [0.25, 0.3) is 0 Å². The molecule has 1 aliphatic carbocycles. The zero-order chi connectivity index (χ0) is 50.0. The Kier molecular flexibility index (Phi) is 35.5. The second-order valence-electron chi connectivity index (χ2n) is 17.4. The number of aliphatic hydroxyl groups excluding tert-OH is 3. The smallest absolute Gasteiger partial charge is 0.462 e. The molecule has 0 amide bonds. The standard InChI is InChI=1S/C45H85O19P3/c1-3-5-7-9-11-13-15-17-19-21-23-25-27-29-31-33-38(46)59-35-37(61-39(47)34-32-30-28-26-24-22-20-18-16-14-12-10-8-6-4-2)36-60-67(57,58)64-43-40(48)41(49)44(62-65(51,52)53)45(42(43)50)63-66(54,55)56/h13-16,37,40-45,48-50H,3-12,17-36H2,1-2H3,(H,57,58)(H2,51,52,53)(H2,54,55,56)/b15-13-,16-14-/t37-,40?,41?,42?,43+,44?,45+/m1/s1. The summed E-state index contributed by atoms with van der Waals surface area (Å²) in [6.07, 6.45) is 20.4. The van der Waals surface area contributed by atoms with E-state index in [-0.39, 0.29) is 12.8 Å². The summed E-state index contributed by atoms with van der Waals surface area (Å²) >= 11 is 0. The first-order valence-electron chi connectivity index (χ1n) is 24.6. The molecule has 1 saturated carbocycles. The predicted octanol–water partition coefficient (Wildman–Crippen LogP) is 9.07. The van der Waals surface area contributed by atoms with Gasteiger partial charge >= 0.3 is 35.4 Å². The van der Waals surface area contributed by atoms with Crippen molar-refractivity contribution in [2.75, 3.05) is 13.2 Å². The Labute approximate surface area is 398 Å². The van der Waals surface area contributed by atoms with Crippen LogP contribution in [0.15, 0.2) is 24.3 Å². The number of aliphatic hydroxyl groups is 3. The first-order valence-corrected chi connectivity index (χ1v) is 29.2. The normalized spacial score (nSPS) is 21.8. The summed E-state index contributed by atoms with van der Waals surface area (Å²) in [6.45, 7) is 2.92. The van der Waals surface area contributed by atoms with Gasteiger partial charge in [-0.25, -0.2) is 13.7 Å². The Balaban J connectivity index is 2.72. The summed E-state index contributed by atoms with van der Waals surface area (Å²) < 4.78 is 65.5. The Hall–Kier alpha value is -1.37. The van der Waals surface area contributed by atoms with Crippen molar-refractivity contribution in [1.82, 2.24) is 0 Å². The highest BCUT2D eigenvalue weighted by Gasteiger charge is 2.56. The average molecular weight is 1020 g/mol. The molecule has 0 spiro atoms. The number of carbonyl (C=O) groups is 2. The monoisotopic (exact) mass is 1020 g/mol. The number of esters is 2. The van der Waals surface area contributed by atoms with Gasteiger partial charge in [0.15, 0.2) is 6.10 Å². The maximum Gasteiger partial charge on any atom is 0.472 e. The third kappa shape index (κ3) is 33.8. The molecule has 67 heavy (non-hydrogen) atoms. The van der Waals surface area contributed by atoms with Gasteiger partial charge in [0.1, 0.15) is 43.2 Å². The third-order valence-corrected chi connectivity index (χ3v) is 13.3. The van der Waals surface area contributed by atoms with Crippen LogP contribution in [0, 0.1) is 0 Å². The fraction of sp³-hybridized carbons (Fsp3) is 0.867. The van der Waals surface area contributed by atoms with E-state index in [2.05, 4.69) is 47.2 Å². The van der Waals surface area contributed by atoms with Crippen LogP contribution in [0.25, 0.3) is 0 Å². The first kappa shape index (κ1) is 63.6. The molecule has 1 aliphatic rings. The van der Waals surface area contributed by atoms with E-state index in [4.69, 9.17) is 18.5 Å². The minimum absolute atomic E-state index is 0.00619. The zero-order valence-electron chi connectivity index (χ0n) is 40.0. The number of ether oxygens (including phenoxy) is 2. The lowest BCUT2D eigenvalue weighted by molar-refractivity contribution is -0.213. The molecule has 0 aromatic rings. The number of carbonyl (C=O) groups excluding carboxylic acids is 2. The van der Waals surface area contributed by atoms with Gasteiger partial charge in [-0.2, -0.15) is 0 Å². The van der Waals surface area contributed by atoms with Crippen molar-refractivity contribution in [3.8, 4) is 0 Å². The minimum Gasteiger partial charge on any atom is -0.462 e. The molecule has 0 aliphatic heterocycles. The summed E-state index contributed by atoms with van der Waals surface area (Å²) in [5.41, 5.74) is 0. The van der Waals surface area contributed by atoms with Crippen molar-refractivity contribution in [2.24, 2.45) is 0 Å². The van der Waals surface area contributed by atoms with Gasteiger partial charge in [-0.1, -0.05) is 141 Å². The molecule has 22 heteroatoms. The fourth-order valence-corrected chi connectivity index (χ4v) is 9.61. The number of allylic oxidation sites excluding steroid dienone is 4. The Bertz CT molecular complexity index is 1500. The molecular weight excluding hydrogens is 937 g/mol. The number of hydrogen-bond acceptors (Lipinski definition) is 14. The van der Waals surface area contributed by atoms with Gasteiger partial charge in [-0.05, 0) is 64.2 Å². The van der Waals surface area contributed by atoms with E-state index in [1.807, 2.05) is 0 Å². The number of rotatable bonds is 42. The van der Waals surface area contributed by atoms with Gasteiger partial charge in [0, 0.05) is 12.8 Å². The van der Waals surface area contributed by atoms with E-state index in [1.165, 1.54) is 51.4 Å². The van der Waals surface area contributed by atoms with Gasteiger partial charge in [0.05, 0.1) is 6.61 Å². The molecule has 0 saturated heterocycles. The molecule has 0 bridgehead atoms. The number of phosphoric ester groups is 3. The molecular formula is C45H85O19P3. The highest BCUT2D eigenvalue weighted by molar-refractivity contribution is 7.47. The van der Waals surface area contributed by atoms with Crippen molar-refractivity contribution in [3.05, 3.63) is 24.3 Å². The second-order valence-corrected chi connectivity index (χ2v) is 21.2. The van der Waals surface area contributed by atoms with E-state index in [1.54, 1.807) is 0 Å². The lowest BCUT2D eigenvalue weighted by atomic mass is 9.85. The van der Waals surface area contributed by atoms with Crippen LogP contribution in [-0.2, 0) is 50.9 Å². The van der Waals surface area contributed by atoms with Crippen LogP contribution in [0.3, 0.4) is 0 Å². The zero-order valence-corrected chi connectivity index (χ0v) is 42.7. The Morgan fingerprint density at radius 1 is 0.463 bits per heavy atom. The van der Waals surface area contributed by atoms with Gasteiger partial charge in [-0.15, -0.1) is 0 Å². The van der Waals surface area contributed by atoms with E-state index >= 15 is 0 Å². The fourth-order valence-electron chi connectivity index (χ4n) is 7.51. The molecule has 1 rings (SSSR count). The summed E-state index contributed by atoms with van der Waals surface area (Å²) in [4.78, 5) is 73.2. The highest BCUT2D eigenvalue weighted by Crippen LogP contribution is 2.51. The number of unbranched alkanes of at least 4 members (excludes halogenated alkanes) is 22. The lowest BCUT2D eigenvalue weighted by Crippen LogP contribution is -2.65.